The predicted octanol–water partition coefficient (Wildman–Crippen LogP) is 14.8. The summed E-state index contributed by atoms with van der Waals surface area (Å²) >= 11 is 0. The Morgan fingerprint density at radius 2 is 0.921 bits per heavy atom. The molecule has 0 bridgehead atoms. The molecule has 0 amide bonds. The molecule has 0 aliphatic heterocycles. The molecule has 0 aliphatic rings. The summed E-state index contributed by atoms with van der Waals surface area (Å²) in [6, 6.07) is -1.48. The van der Waals surface area contributed by atoms with E-state index in [0.29, 0.717) is 13.0 Å². The largest absolute Gasteiger partial charge is 0.480 e. The van der Waals surface area contributed by atoms with Gasteiger partial charge in [0.05, 0.1) is 19.8 Å². The zero-order valence-electron chi connectivity index (χ0n) is 40.2. The van der Waals surface area contributed by atoms with E-state index in [0.717, 1.165) is 70.6 Å². The highest BCUT2D eigenvalue weighted by Crippen LogP contribution is 2.43. The Kier molecular flexibility index (Phi) is 45.9. The minimum atomic E-state index is -4.63. The number of phosphoric acid groups is 1. The molecule has 10 nitrogen and oxygen atoms in total. The van der Waals surface area contributed by atoms with Crippen LogP contribution in [0.4, 0.5) is 0 Å². The summed E-state index contributed by atoms with van der Waals surface area (Å²) in [5.41, 5.74) is 5.37. The van der Waals surface area contributed by atoms with Gasteiger partial charge in [0.1, 0.15) is 12.1 Å². The van der Waals surface area contributed by atoms with Crippen LogP contribution in [0.3, 0.4) is 0 Å². The van der Waals surface area contributed by atoms with Crippen molar-refractivity contribution in [2.75, 3.05) is 26.4 Å². The Hall–Kier alpha value is -2.33. The third-order valence-corrected chi connectivity index (χ3v) is 11.7. The molecule has 0 aliphatic carbocycles. The SMILES string of the molecule is CC/C=C\C/C=C\C/C=C\C/C=C\CCCCCCCCCCC(=O)OC(COCCCCCCCCCCCC/C=C\CCCCCCCC)COP(=O)(O)OCC(N)C(=O)O. The van der Waals surface area contributed by atoms with Crippen LogP contribution in [0.1, 0.15) is 219 Å². The average molecular weight is 908 g/mol. The highest BCUT2D eigenvalue weighted by atomic mass is 31.2. The quantitative estimate of drug-likeness (QED) is 0.0233. The van der Waals surface area contributed by atoms with Crippen molar-refractivity contribution in [3.05, 3.63) is 60.8 Å². The van der Waals surface area contributed by atoms with Gasteiger partial charge in [0.2, 0.25) is 0 Å². The van der Waals surface area contributed by atoms with E-state index in [-0.39, 0.29) is 13.0 Å². The van der Waals surface area contributed by atoms with Crippen LogP contribution < -0.4 is 5.73 Å². The van der Waals surface area contributed by atoms with Crippen molar-refractivity contribution < 1.29 is 42.7 Å². The lowest BCUT2D eigenvalue weighted by Gasteiger charge is -2.20. The molecule has 0 aromatic carbocycles. The lowest BCUT2D eigenvalue weighted by molar-refractivity contribution is -0.154. The van der Waals surface area contributed by atoms with Gasteiger partial charge in [-0.1, -0.05) is 197 Å². The molecule has 0 heterocycles. The molecular weight excluding hydrogens is 814 g/mol. The summed E-state index contributed by atoms with van der Waals surface area (Å²) in [6.45, 7) is 3.77. The first-order chi connectivity index (χ1) is 30.7. The maximum Gasteiger partial charge on any atom is 0.472 e. The Morgan fingerprint density at radius 3 is 1.40 bits per heavy atom. The van der Waals surface area contributed by atoms with Crippen LogP contribution in [0, 0.1) is 0 Å². The van der Waals surface area contributed by atoms with Gasteiger partial charge in [-0.05, 0) is 77.0 Å². The molecule has 0 saturated heterocycles. The number of nitrogens with two attached hydrogens (primary N) is 1. The third-order valence-electron chi connectivity index (χ3n) is 10.8. The maximum absolute atomic E-state index is 12.7. The zero-order chi connectivity index (χ0) is 46.2. The van der Waals surface area contributed by atoms with Crippen LogP contribution in [-0.4, -0.2) is 60.5 Å². The van der Waals surface area contributed by atoms with Crippen molar-refractivity contribution >= 4 is 19.8 Å². The van der Waals surface area contributed by atoms with Crippen molar-refractivity contribution in [2.24, 2.45) is 5.73 Å². The van der Waals surface area contributed by atoms with E-state index in [2.05, 4.69) is 74.6 Å². The Morgan fingerprint density at radius 1 is 0.524 bits per heavy atom. The van der Waals surface area contributed by atoms with Crippen LogP contribution in [0.5, 0.6) is 0 Å². The summed E-state index contributed by atoms with van der Waals surface area (Å²) in [5, 5.41) is 8.93. The van der Waals surface area contributed by atoms with Gasteiger partial charge < -0.3 is 25.2 Å². The smallest absolute Gasteiger partial charge is 0.472 e. The predicted molar refractivity (Wildman–Crippen MR) is 263 cm³/mol. The first-order valence-electron chi connectivity index (χ1n) is 25.3. The van der Waals surface area contributed by atoms with E-state index < -0.39 is 45.1 Å². The molecule has 0 aromatic heterocycles. The fourth-order valence-electron chi connectivity index (χ4n) is 6.88. The van der Waals surface area contributed by atoms with Gasteiger partial charge >= 0.3 is 19.8 Å². The highest BCUT2D eigenvalue weighted by Gasteiger charge is 2.27. The molecule has 0 aromatic rings. The molecule has 63 heavy (non-hydrogen) atoms. The molecule has 0 rings (SSSR count). The van der Waals surface area contributed by atoms with Crippen LogP contribution >= 0.6 is 7.82 Å². The van der Waals surface area contributed by atoms with E-state index >= 15 is 0 Å². The third kappa shape index (κ3) is 47.5. The number of ether oxygens (including phenoxy) is 2. The first-order valence-corrected chi connectivity index (χ1v) is 26.8. The number of unbranched alkanes of at least 4 members (excludes halogenated alkanes) is 24. The van der Waals surface area contributed by atoms with Gasteiger partial charge in [0, 0.05) is 13.0 Å². The second-order valence-electron chi connectivity index (χ2n) is 16.9. The van der Waals surface area contributed by atoms with Gasteiger partial charge in [-0.25, -0.2) is 4.57 Å². The molecule has 3 unspecified atom stereocenters. The molecule has 366 valence electrons. The van der Waals surface area contributed by atoms with Gasteiger partial charge in [-0.15, -0.1) is 0 Å². The topological polar surface area (TPSA) is 155 Å². The second kappa shape index (κ2) is 47.6. The molecule has 0 radical (unpaired) electrons. The number of carbonyl (C=O) groups excluding carboxylic acids is 1. The van der Waals surface area contributed by atoms with Crippen molar-refractivity contribution in [2.45, 2.75) is 231 Å². The summed E-state index contributed by atoms with van der Waals surface area (Å²) in [5.74, 6) is -1.79. The molecule has 11 heteroatoms. The zero-order valence-corrected chi connectivity index (χ0v) is 41.1. The Labute approximate surface area is 385 Å². The fraction of sp³-hybridized carbons (Fsp3) is 0.769. The van der Waals surface area contributed by atoms with Gasteiger partial charge in [0.25, 0.3) is 0 Å². The van der Waals surface area contributed by atoms with Gasteiger partial charge in [-0.2, -0.15) is 0 Å². The van der Waals surface area contributed by atoms with Crippen LogP contribution in [-0.2, 0) is 32.7 Å². The van der Waals surface area contributed by atoms with Crippen molar-refractivity contribution in [1.29, 1.82) is 0 Å². The number of allylic oxidation sites excluding steroid dienone is 10. The maximum atomic E-state index is 12.7. The fourth-order valence-corrected chi connectivity index (χ4v) is 7.66. The highest BCUT2D eigenvalue weighted by molar-refractivity contribution is 7.47. The number of carboxylic acids is 1. The van der Waals surface area contributed by atoms with E-state index in [4.69, 9.17) is 29.4 Å². The normalized spacial score (nSPS) is 14.2. The number of rotatable bonds is 48. The summed E-state index contributed by atoms with van der Waals surface area (Å²) < 4.78 is 33.5. The van der Waals surface area contributed by atoms with E-state index in [9.17, 15) is 19.0 Å². The lowest BCUT2D eigenvalue weighted by Crippen LogP contribution is -2.34. The molecule has 0 fully saturated rings. The number of carbonyl (C=O) groups is 2. The Bertz CT molecular complexity index is 1230. The van der Waals surface area contributed by atoms with Crippen LogP contribution in [0.25, 0.3) is 0 Å². The summed E-state index contributed by atoms with van der Waals surface area (Å²) in [7, 11) is -4.63. The lowest BCUT2D eigenvalue weighted by atomic mass is 10.1. The Balaban J connectivity index is 4.17. The number of esters is 1. The number of aliphatic carboxylic acids is 1. The number of hydrogen-bond donors (Lipinski definition) is 3. The van der Waals surface area contributed by atoms with Crippen molar-refractivity contribution in [1.82, 2.24) is 0 Å². The van der Waals surface area contributed by atoms with Gasteiger partial charge in [-0.3, -0.25) is 18.6 Å². The van der Waals surface area contributed by atoms with E-state index in [1.54, 1.807) is 0 Å². The first kappa shape index (κ1) is 60.7. The van der Waals surface area contributed by atoms with Crippen LogP contribution in [0.15, 0.2) is 60.8 Å². The number of carboxylic acid groups (broad SMARTS) is 1. The summed E-state index contributed by atoms with van der Waals surface area (Å²) in [6.07, 6.45) is 58.4. The van der Waals surface area contributed by atoms with Crippen LogP contribution in [0.2, 0.25) is 0 Å². The van der Waals surface area contributed by atoms with Crippen molar-refractivity contribution in [3.8, 4) is 0 Å². The van der Waals surface area contributed by atoms with E-state index in [1.807, 2.05) is 0 Å². The second-order valence-corrected chi connectivity index (χ2v) is 18.4. The number of hydrogen-bond acceptors (Lipinski definition) is 8. The average Bonchev–Trinajstić information content (AvgIpc) is 3.26. The minimum absolute atomic E-state index is 0.0115. The molecule has 0 saturated carbocycles. The minimum Gasteiger partial charge on any atom is -0.480 e. The van der Waals surface area contributed by atoms with E-state index in [1.165, 1.54) is 122 Å². The molecule has 4 N–H and O–H groups in total. The molecule has 3 atom stereocenters. The van der Waals surface area contributed by atoms with Crippen molar-refractivity contribution in [3.63, 3.8) is 0 Å². The summed E-state index contributed by atoms with van der Waals surface area (Å²) in [4.78, 5) is 33.7. The monoisotopic (exact) mass is 908 g/mol. The standard InChI is InChI=1S/C52H94NO9P/c1-3-5-7-9-11-13-15-17-19-21-23-25-26-28-30-32-34-36-38-40-42-44-51(54)62-49(47-60-63(57,58)61-48-50(53)52(55)56)46-59-45-43-41-39-37-35-33-31-29-27-24-22-20-18-16-14-12-10-8-6-4-2/h5,7,11,13,17-20,23,25,49-50H,3-4,6,8-10,12,14-16,21-22,24,26-48,53H2,1-2H3,(H,55,56)(H,57,58)/b7-5-,13-11-,19-17-,20-18-,25-23-. The molecule has 0 spiro atoms. The number of phosphoric ester groups is 1. The molecular formula is C52H94NO9P. The van der Waals surface area contributed by atoms with Gasteiger partial charge in [0.15, 0.2) is 0 Å².